The van der Waals surface area contributed by atoms with Crippen LogP contribution in [-0.2, 0) is 0 Å². The van der Waals surface area contributed by atoms with E-state index in [0.29, 0.717) is 5.25 Å². The zero-order valence-electron chi connectivity index (χ0n) is 12.1. The number of thiol groups is 1. The SMILES string of the molecule is CC1CCCC(C2CCC(C3CC3C)CC2S)C1. The van der Waals surface area contributed by atoms with Crippen LogP contribution in [0.5, 0.6) is 0 Å². The first-order chi connectivity index (χ1) is 8.65. The van der Waals surface area contributed by atoms with Gasteiger partial charge in [-0.3, -0.25) is 0 Å². The summed E-state index contributed by atoms with van der Waals surface area (Å²) < 4.78 is 0. The van der Waals surface area contributed by atoms with Gasteiger partial charge in [-0.1, -0.05) is 33.1 Å². The van der Waals surface area contributed by atoms with Gasteiger partial charge in [0.1, 0.15) is 0 Å². The van der Waals surface area contributed by atoms with Crippen molar-refractivity contribution in [3.63, 3.8) is 0 Å². The maximum Gasteiger partial charge on any atom is 0.00504 e. The van der Waals surface area contributed by atoms with Crippen molar-refractivity contribution in [1.82, 2.24) is 0 Å². The van der Waals surface area contributed by atoms with Crippen LogP contribution < -0.4 is 0 Å². The Morgan fingerprint density at radius 3 is 2.11 bits per heavy atom. The molecule has 0 N–H and O–H groups in total. The third-order valence-electron chi connectivity index (χ3n) is 6.27. The maximum absolute atomic E-state index is 5.01. The molecule has 104 valence electrons. The molecule has 0 nitrogen and oxygen atoms in total. The smallest absolute Gasteiger partial charge is 0.00504 e. The summed E-state index contributed by atoms with van der Waals surface area (Å²) in [6.07, 6.45) is 11.9. The van der Waals surface area contributed by atoms with Crippen LogP contribution in [0.2, 0.25) is 0 Å². The monoisotopic (exact) mass is 266 g/mol. The molecule has 3 saturated carbocycles. The Kier molecular flexibility index (Phi) is 3.99. The minimum Gasteiger partial charge on any atom is -0.176 e. The summed E-state index contributed by atoms with van der Waals surface area (Å²) >= 11 is 5.01. The van der Waals surface area contributed by atoms with Crippen LogP contribution in [0, 0.1) is 35.5 Å². The maximum atomic E-state index is 5.01. The van der Waals surface area contributed by atoms with Crippen molar-refractivity contribution < 1.29 is 0 Å². The van der Waals surface area contributed by atoms with Crippen molar-refractivity contribution in [2.75, 3.05) is 0 Å². The average molecular weight is 266 g/mol. The van der Waals surface area contributed by atoms with Gasteiger partial charge in [-0.15, -0.1) is 0 Å². The van der Waals surface area contributed by atoms with E-state index in [1.54, 1.807) is 0 Å². The molecule has 0 saturated heterocycles. The van der Waals surface area contributed by atoms with E-state index in [0.717, 1.165) is 35.5 Å². The fourth-order valence-electron chi connectivity index (χ4n) is 5.02. The minimum absolute atomic E-state index is 0.715. The Morgan fingerprint density at radius 2 is 1.50 bits per heavy atom. The minimum atomic E-state index is 0.715. The third kappa shape index (κ3) is 2.76. The van der Waals surface area contributed by atoms with Gasteiger partial charge in [0.05, 0.1) is 0 Å². The summed E-state index contributed by atoms with van der Waals surface area (Å²) in [5, 5.41) is 0.715. The molecule has 7 unspecified atom stereocenters. The van der Waals surface area contributed by atoms with Gasteiger partial charge in [0.15, 0.2) is 0 Å². The molecule has 0 spiro atoms. The highest BCUT2D eigenvalue weighted by Crippen LogP contribution is 2.52. The van der Waals surface area contributed by atoms with Crippen molar-refractivity contribution in [3.8, 4) is 0 Å². The molecule has 0 aromatic rings. The highest BCUT2D eigenvalue weighted by Gasteiger charge is 2.44. The topological polar surface area (TPSA) is 0 Å². The third-order valence-corrected chi connectivity index (χ3v) is 6.86. The van der Waals surface area contributed by atoms with Gasteiger partial charge in [-0.05, 0) is 67.6 Å². The van der Waals surface area contributed by atoms with Gasteiger partial charge in [-0.2, -0.15) is 12.6 Å². The van der Waals surface area contributed by atoms with Crippen LogP contribution in [0.1, 0.15) is 65.2 Å². The molecule has 0 radical (unpaired) electrons. The average Bonchev–Trinajstić information content (AvgIpc) is 3.06. The van der Waals surface area contributed by atoms with E-state index in [2.05, 4.69) is 13.8 Å². The summed E-state index contributed by atoms with van der Waals surface area (Å²) in [5.41, 5.74) is 0. The molecule has 3 fully saturated rings. The molecule has 3 aliphatic carbocycles. The number of hydrogen-bond donors (Lipinski definition) is 1. The number of hydrogen-bond acceptors (Lipinski definition) is 1. The first-order valence-corrected chi connectivity index (χ1v) is 8.85. The van der Waals surface area contributed by atoms with Gasteiger partial charge >= 0.3 is 0 Å². The lowest BCUT2D eigenvalue weighted by Gasteiger charge is -2.41. The summed E-state index contributed by atoms with van der Waals surface area (Å²) in [6.45, 7) is 4.89. The van der Waals surface area contributed by atoms with Crippen molar-refractivity contribution in [2.24, 2.45) is 35.5 Å². The highest BCUT2D eigenvalue weighted by molar-refractivity contribution is 7.81. The van der Waals surface area contributed by atoms with Gasteiger partial charge in [0.25, 0.3) is 0 Å². The van der Waals surface area contributed by atoms with E-state index >= 15 is 0 Å². The van der Waals surface area contributed by atoms with Gasteiger partial charge < -0.3 is 0 Å². The quantitative estimate of drug-likeness (QED) is 0.654. The Morgan fingerprint density at radius 1 is 0.778 bits per heavy atom. The summed E-state index contributed by atoms with van der Waals surface area (Å²) in [4.78, 5) is 0. The molecule has 0 bridgehead atoms. The van der Waals surface area contributed by atoms with Gasteiger partial charge in [-0.25, -0.2) is 0 Å². The second-order valence-electron chi connectivity index (χ2n) is 7.71. The summed E-state index contributed by atoms with van der Waals surface area (Å²) in [5.74, 6) is 6.06. The molecule has 0 aromatic heterocycles. The van der Waals surface area contributed by atoms with Gasteiger partial charge in [0, 0.05) is 5.25 Å². The second kappa shape index (κ2) is 5.38. The van der Waals surface area contributed by atoms with Gasteiger partial charge in [0.2, 0.25) is 0 Å². The van der Waals surface area contributed by atoms with Crippen molar-refractivity contribution in [3.05, 3.63) is 0 Å². The Balaban J connectivity index is 1.55. The first-order valence-electron chi connectivity index (χ1n) is 8.33. The van der Waals surface area contributed by atoms with Crippen LogP contribution in [0.25, 0.3) is 0 Å². The second-order valence-corrected chi connectivity index (χ2v) is 8.38. The fourth-order valence-corrected chi connectivity index (χ4v) is 5.68. The molecule has 0 aliphatic heterocycles. The van der Waals surface area contributed by atoms with Crippen LogP contribution in [0.4, 0.5) is 0 Å². The Labute approximate surface area is 119 Å². The van der Waals surface area contributed by atoms with E-state index in [9.17, 15) is 0 Å². The summed E-state index contributed by atoms with van der Waals surface area (Å²) in [7, 11) is 0. The predicted octanol–water partition coefficient (Wildman–Crippen LogP) is 5.18. The molecular weight excluding hydrogens is 236 g/mol. The molecule has 1 heteroatoms. The molecule has 3 aliphatic rings. The Bertz CT molecular complexity index is 287. The van der Waals surface area contributed by atoms with Crippen molar-refractivity contribution >= 4 is 12.6 Å². The van der Waals surface area contributed by atoms with Crippen LogP contribution in [-0.4, -0.2) is 5.25 Å². The van der Waals surface area contributed by atoms with Crippen LogP contribution in [0.3, 0.4) is 0 Å². The first kappa shape index (κ1) is 13.3. The van der Waals surface area contributed by atoms with E-state index in [1.165, 1.54) is 51.4 Å². The molecule has 7 atom stereocenters. The predicted molar refractivity (Wildman–Crippen MR) is 82.0 cm³/mol. The fraction of sp³-hybridized carbons (Fsp3) is 1.00. The standard InChI is InChI=1S/C17H30S/c1-11-4-3-5-13(8-11)15-7-6-14(10-17(15)18)16-9-12(16)2/h11-18H,3-10H2,1-2H3. The largest absolute Gasteiger partial charge is 0.176 e. The normalized spacial score (nSPS) is 53.2. The zero-order chi connectivity index (χ0) is 12.7. The molecule has 18 heavy (non-hydrogen) atoms. The molecule has 3 rings (SSSR count). The lowest BCUT2D eigenvalue weighted by molar-refractivity contribution is 0.144. The van der Waals surface area contributed by atoms with E-state index in [1.807, 2.05) is 0 Å². The van der Waals surface area contributed by atoms with Crippen LogP contribution >= 0.6 is 12.6 Å². The molecule has 0 amide bonds. The zero-order valence-corrected chi connectivity index (χ0v) is 13.0. The molecule has 0 heterocycles. The van der Waals surface area contributed by atoms with Crippen LogP contribution in [0.15, 0.2) is 0 Å². The molecular formula is C17H30S. The van der Waals surface area contributed by atoms with E-state index in [-0.39, 0.29) is 0 Å². The van der Waals surface area contributed by atoms with Crippen molar-refractivity contribution in [1.29, 1.82) is 0 Å². The molecule has 0 aromatic carbocycles. The van der Waals surface area contributed by atoms with Crippen molar-refractivity contribution in [2.45, 2.75) is 70.5 Å². The number of rotatable bonds is 2. The summed E-state index contributed by atoms with van der Waals surface area (Å²) in [6, 6.07) is 0. The highest BCUT2D eigenvalue weighted by atomic mass is 32.1. The van der Waals surface area contributed by atoms with E-state index in [4.69, 9.17) is 12.6 Å². The lowest BCUT2D eigenvalue weighted by Crippen LogP contribution is -2.34. The van der Waals surface area contributed by atoms with E-state index < -0.39 is 0 Å². The Hall–Kier alpha value is 0.350. The lowest BCUT2D eigenvalue weighted by atomic mass is 9.68.